The van der Waals surface area contributed by atoms with Gasteiger partial charge in [-0.3, -0.25) is 0 Å². The van der Waals surface area contributed by atoms with Crippen molar-refractivity contribution in [3.8, 4) is 0 Å². The minimum Gasteiger partial charge on any atom is -0.168 e. The van der Waals surface area contributed by atoms with Crippen LogP contribution in [0, 0.1) is 0 Å². The van der Waals surface area contributed by atoms with Crippen LogP contribution >= 0.6 is 33.7 Å². The van der Waals surface area contributed by atoms with E-state index in [-0.39, 0.29) is 0 Å². The molecule has 3 heteroatoms. The molecule has 0 aromatic carbocycles. The standard InChI is InChI=1S/C39H80ClISi/c1-42(2,40)39-37-35-33-31-29-27-25-23-21-19-17-15-13-11-9-7-5-3-4-6-8-10-12-14-16-18-20-22-24-26-28-30-32-34-36-38-41/h3-39H2,1-2H3. The van der Waals surface area contributed by atoms with Gasteiger partial charge >= 0.3 is 0 Å². The lowest BCUT2D eigenvalue weighted by Crippen LogP contribution is -2.14. The Kier molecular flexibility index (Phi) is 37.8. The molecule has 0 aromatic rings. The number of hydrogen-bond acceptors (Lipinski definition) is 0. The highest BCUT2D eigenvalue weighted by Gasteiger charge is 2.15. The van der Waals surface area contributed by atoms with E-state index in [1.165, 1.54) is 235 Å². The molecule has 254 valence electrons. The molecule has 42 heavy (non-hydrogen) atoms. The van der Waals surface area contributed by atoms with E-state index in [1.807, 2.05) is 0 Å². The van der Waals surface area contributed by atoms with Crippen LogP contribution in [0.3, 0.4) is 0 Å². The van der Waals surface area contributed by atoms with E-state index in [0.717, 1.165) is 0 Å². The van der Waals surface area contributed by atoms with Crippen LogP contribution in [-0.2, 0) is 0 Å². The number of rotatable bonds is 37. The highest BCUT2D eigenvalue weighted by molar-refractivity contribution is 14.1. The smallest absolute Gasteiger partial charge is 0.150 e. The average molecular weight is 740 g/mol. The summed E-state index contributed by atoms with van der Waals surface area (Å²) < 4.78 is 1.34. The molecule has 0 aromatic heterocycles. The third-order valence-corrected chi connectivity index (χ3v) is 12.3. The monoisotopic (exact) mass is 738 g/mol. The molecule has 0 heterocycles. The summed E-state index contributed by atoms with van der Waals surface area (Å²) in [6, 6.07) is 1.30. The van der Waals surface area contributed by atoms with Gasteiger partial charge in [-0.15, -0.1) is 0 Å². The molecule has 0 nitrogen and oxygen atoms in total. The van der Waals surface area contributed by atoms with Gasteiger partial charge in [0.1, 0.15) is 7.38 Å². The molecule has 0 fully saturated rings. The van der Waals surface area contributed by atoms with Gasteiger partial charge in [-0.25, -0.2) is 0 Å². The molecule has 0 saturated heterocycles. The highest BCUT2D eigenvalue weighted by atomic mass is 127. The molecule has 0 atom stereocenters. The molecule has 0 rings (SSSR count). The molecule has 0 N–H and O–H groups in total. The maximum absolute atomic E-state index is 6.40. The van der Waals surface area contributed by atoms with Crippen molar-refractivity contribution >= 4 is 41.1 Å². The molecule has 0 spiro atoms. The highest BCUT2D eigenvalue weighted by Crippen LogP contribution is 2.20. The van der Waals surface area contributed by atoms with Crippen LogP contribution in [0.1, 0.15) is 225 Å². The predicted molar refractivity (Wildman–Crippen MR) is 209 cm³/mol. The Hall–Kier alpha value is 1.24. The van der Waals surface area contributed by atoms with E-state index in [2.05, 4.69) is 35.7 Å². The van der Waals surface area contributed by atoms with Crippen LogP contribution in [-0.4, -0.2) is 11.8 Å². The summed E-state index contributed by atoms with van der Waals surface area (Å²) in [5.74, 6) is 0. The van der Waals surface area contributed by atoms with Crippen molar-refractivity contribution < 1.29 is 0 Å². The predicted octanol–water partition coefficient (Wildman–Crippen LogP) is 16.5. The largest absolute Gasteiger partial charge is 0.168 e. The quantitative estimate of drug-likeness (QED) is 0.0196. The Morgan fingerprint density at radius 2 is 0.429 bits per heavy atom. The van der Waals surface area contributed by atoms with Gasteiger partial charge in [0.15, 0.2) is 0 Å². The zero-order chi connectivity index (χ0) is 30.7. The molecular formula is C39H80ClISi. The van der Waals surface area contributed by atoms with E-state index >= 15 is 0 Å². The van der Waals surface area contributed by atoms with Crippen molar-refractivity contribution in [2.45, 2.75) is 244 Å². The van der Waals surface area contributed by atoms with Gasteiger partial charge in [-0.2, -0.15) is 11.1 Å². The van der Waals surface area contributed by atoms with Gasteiger partial charge in [-0.05, 0) is 16.9 Å². The number of halogens is 2. The number of hydrogen-bond donors (Lipinski definition) is 0. The second-order valence-electron chi connectivity index (χ2n) is 14.5. The van der Waals surface area contributed by atoms with E-state index in [1.54, 1.807) is 0 Å². The first-order chi connectivity index (χ1) is 20.6. The first-order valence-electron chi connectivity index (χ1n) is 19.8. The molecule has 0 amide bonds. The van der Waals surface area contributed by atoms with Crippen molar-refractivity contribution in [2.24, 2.45) is 0 Å². The minimum absolute atomic E-state index is 1.30. The van der Waals surface area contributed by atoms with Crippen molar-refractivity contribution in [3.05, 3.63) is 0 Å². The van der Waals surface area contributed by atoms with Gasteiger partial charge in [-0.1, -0.05) is 254 Å². The summed E-state index contributed by atoms with van der Waals surface area (Å²) in [4.78, 5) is 0. The summed E-state index contributed by atoms with van der Waals surface area (Å²) in [5.41, 5.74) is 0. The van der Waals surface area contributed by atoms with Gasteiger partial charge in [0, 0.05) is 0 Å². The second kappa shape index (κ2) is 36.7. The van der Waals surface area contributed by atoms with E-state index in [0.29, 0.717) is 0 Å². The SMILES string of the molecule is C[Si](C)(Cl)CCCCCCCCCCCCCCCCCCCCCCCCCCCCCCCCCCCCCI. The van der Waals surface area contributed by atoms with Crippen LogP contribution in [0.2, 0.25) is 19.1 Å². The van der Waals surface area contributed by atoms with Gasteiger partial charge in [0.25, 0.3) is 0 Å². The maximum Gasteiger partial charge on any atom is 0.150 e. The number of unbranched alkanes of at least 4 members (excludes halogenated alkanes) is 34. The Morgan fingerprint density at radius 3 is 0.571 bits per heavy atom. The van der Waals surface area contributed by atoms with E-state index in [4.69, 9.17) is 11.1 Å². The Balaban J connectivity index is 3.04. The Morgan fingerprint density at radius 1 is 0.286 bits per heavy atom. The van der Waals surface area contributed by atoms with Crippen LogP contribution in [0.4, 0.5) is 0 Å². The van der Waals surface area contributed by atoms with Crippen molar-refractivity contribution in [2.75, 3.05) is 4.43 Å². The second-order valence-corrected chi connectivity index (χ2v) is 22.6. The molecule has 0 bridgehead atoms. The van der Waals surface area contributed by atoms with Crippen LogP contribution < -0.4 is 0 Å². The number of alkyl halides is 1. The van der Waals surface area contributed by atoms with Gasteiger partial charge < -0.3 is 0 Å². The molecular weight excluding hydrogens is 659 g/mol. The summed E-state index contributed by atoms with van der Waals surface area (Å²) in [6.07, 6.45) is 51.6. The van der Waals surface area contributed by atoms with Crippen LogP contribution in [0.25, 0.3) is 0 Å². The van der Waals surface area contributed by atoms with Gasteiger partial charge in [0.05, 0.1) is 0 Å². The lowest BCUT2D eigenvalue weighted by Gasteiger charge is -2.11. The zero-order valence-electron chi connectivity index (χ0n) is 29.4. The zero-order valence-corrected chi connectivity index (χ0v) is 33.3. The Labute approximate surface area is 287 Å². The summed E-state index contributed by atoms with van der Waals surface area (Å²) in [5, 5.41) is 0. The summed E-state index contributed by atoms with van der Waals surface area (Å²) >= 11 is 8.90. The molecule has 0 radical (unpaired) electrons. The maximum atomic E-state index is 6.40. The lowest BCUT2D eigenvalue weighted by atomic mass is 10.0. The fourth-order valence-corrected chi connectivity index (χ4v) is 8.50. The van der Waals surface area contributed by atoms with Crippen molar-refractivity contribution in [1.82, 2.24) is 0 Å². The minimum atomic E-state index is -1.31. The molecule has 0 aliphatic rings. The first-order valence-corrected chi connectivity index (χ1v) is 25.6. The molecule has 0 aliphatic carbocycles. The molecule has 0 aliphatic heterocycles. The third-order valence-electron chi connectivity index (χ3n) is 9.40. The summed E-state index contributed by atoms with van der Waals surface area (Å²) in [6.45, 7) is 4.55. The molecule has 0 saturated carbocycles. The van der Waals surface area contributed by atoms with Crippen molar-refractivity contribution in [1.29, 1.82) is 0 Å². The van der Waals surface area contributed by atoms with Crippen LogP contribution in [0.15, 0.2) is 0 Å². The average Bonchev–Trinajstić information content (AvgIpc) is 2.96. The fourth-order valence-electron chi connectivity index (χ4n) is 6.47. The lowest BCUT2D eigenvalue weighted by molar-refractivity contribution is 0.511. The van der Waals surface area contributed by atoms with Crippen molar-refractivity contribution in [3.63, 3.8) is 0 Å². The van der Waals surface area contributed by atoms with Crippen LogP contribution in [0.5, 0.6) is 0 Å². The summed E-state index contributed by atoms with van der Waals surface area (Å²) in [7, 11) is -1.31. The first kappa shape index (κ1) is 43.2. The topological polar surface area (TPSA) is 0 Å². The van der Waals surface area contributed by atoms with E-state index < -0.39 is 7.38 Å². The fraction of sp³-hybridized carbons (Fsp3) is 1.00. The molecule has 0 unspecified atom stereocenters. The third kappa shape index (κ3) is 41.2. The van der Waals surface area contributed by atoms with Gasteiger partial charge in [0.2, 0.25) is 0 Å². The Bertz CT molecular complexity index is 477. The normalized spacial score (nSPS) is 12.0. The van der Waals surface area contributed by atoms with E-state index in [9.17, 15) is 0 Å².